The average Bonchev–Trinajstić information content (AvgIpc) is 2.77. The van der Waals surface area contributed by atoms with Crippen molar-refractivity contribution in [3.05, 3.63) is 23.8 Å². The first-order valence-electron chi connectivity index (χ1n) is 6.16. The van der Waals surface area contributed by atoms with Crippen molar-refractivity contribution < 1.29 is 14.6 Å². The van der Waals surface area contributed by atoms with Crippen LogP contribution in [0.5, 0.6) is 5.75 Å². The van der Waals surface area contributed by atoms with E-state index in [9.17, 15) is 9.90 Å². The minimum Gasteiger partial charge on any atom is -0.508 e. The minimum atomic E-state index is -0.438. The highest BCUT2D eigenvalue weighted by Crippen LogP contribution is 2.30. The van der Waals surface area contributed by atoms with Crippen LogP contribution >= 0.6 is 12.4 Å². The van der Waals surface area contributed by atoms with E-state index in [0.29, 0.717) is 5.56 Å². The van der Waals surface area contributed by atoms with Gasteiger partial charge in [0.25, 0.3) is 0 Å². The molecule has 2 rings (SSSR count). The summed E-state index contributed by atoms with van der Waals surface area (Å²) in [5, 5.41) is 12.7. The minimum absolute atomic E-state index is 0. The van der Waals surface area contributed by atoms with Gasteiger partial charge in [0, 0.05) is 30.4 Å². The molecule has 19 heavy (non-hydrogen) atoms. The van der Waals surface area contributed by atoms with Gasteiger partial charge in [-0.15, -0.1) is 12.4 Å². The number of hydrogen-bond donors (Lipinski definition) is 2. The third-order valence-electron chi connectivity index (χ3n) is 3.19. The van der Waals surface area contributed by atoms with Crippen LogP contribution in [0.1, 0.15) is 25.5 Å². The summed E-state index contributed by atoms with van der Waals surface area (Å²) in [6.45, 7) is 6.17. The van der Waals surface area contributed by atoms with Gasteiger partial charge >= 0.3 is 6.09 Å². The molecule has 6 heteroatoms. The molecular formula is C13H19ClN2O3. The second kappa shape index (κ2) is 6.52. The molecule has 1 aliphatic heterocycles. The number of anilines is 1. The number of carbonyl (C=O) groups is 1. The molecule has 1 fully saturated rings. The zero-order valence-electron chi connectivity index (χ0n) is 11.0. The summed E-state index contributed by atoms with van der Waals surface area (Å²) >= 11 is 0. The van der Waals surface area contributed by atoms with Crippen LogP contribution in [0.3, 0.4) is 0 Å². The molecule has 106 valence electrons. The molecule has 0 aliphatic carbocycles. The molecule has 1 aliphatic rings. The summed E-state index contributed by atoms with van der Waals surface area (Å²) in [7, 11) is 0. The lowest BCUT2D eigenvalue weighted by Crippen LogP contribution is -2.22. The number of aromatic hydroxyl groups is 1. The van der Waals surface area contributed by atoms with Crippen LogP contribution in [0.25, 0.3) is 0 Å². The fourth-order valence-corrected chi connectivity index (χ4v) is 2.16. The number of amides is 1. The second-order valence-corrected chi connectivity index (χ2v) is 4.21. The molecule has 1 heterocycles. The molecule has 0 saturated carbocycles. The molecule has 5 nitrogen and oxygen atoms in total. The van der Waals surface area contributed by atoms with E-state index in [2.05, 4.69) is 24.1 Å². The Morgan fingerprint density at radius 2 is 2.11 bits per heavy atom. The van der Waals surface area contributed by atoms with E-state index in [-0.39, 0.29) is 30.8 Å². The van der Waals surface area contributed by atoms with Crippen molar-refractivity contribution in [1.29, 1.82) is 0 Å². The molecule has 2 N–H and O–H groups in total. The summed E-state index contributed by atoms with van der Waals surface area (Å²) in [6, 6.07) is 5.25. The Hall–Kier alpha value is -1.62. The maximum absolute atomic E-state index is 11.0. The smallest absolute Gasteiger partial charge is 0.407 e. The number of rotatable bonds is 4. The molecule has 1 atom stereocenters. The monoisotopic (exact) mass is 286 g/mol. The van der Waals surface area contributed by atoms with Crippen molar-refractivity contribution in [3.8, 4) is 5.75 Å². The Bertz CT molecular complexity index is 450. The van der Waals surface area contributed by atoms with Gasteiger partial charge in [0.15, 0.2) is 0 Å². The lowest BCUT2D eigenvalue weighted by Gasteiger charge is -2.22. The lowest BCUT2D eigenvalue weighted by molar-refractivity contribution is 0.177. The van der Waals surface area contributed by atoms with Crippen LogP contribution in [-0.4, -0.2) is 30.9 Å². The maximum Gasteiger partial charge on any atom is 0.407 e. The van der Waals surface area contributed by atoms with Crippen molar-refractivity contribution >= 4 is 24.2 Å². The summed E-state index contributed by atoms with van der Waals surface area (Å²) < 4.78 is 4.82. The van der Waals surface area contributed by atoms with E-state index in [1.54, 1.807) is 6.07 Å². The first-order valence-corrected chi connectivity index (χ1v) is 6.16. The average molecular weight is 287 g/mol. The zero-order chi connectivity index (χ0) is 13.1. The number of phenolic OH excluding ortho intramolecular Hbond substituents is 1. The van der Waals surface area contributed by atoms with Gasteiger partial charge in [0.2, 0.25) is 0 Å². The Balaban J connectivity index is 0.00000180. The molecular weight excluding hydrogens is 268 g/mol. The number of alkyl carbamates (subject to hydrolysis) is 1. The number of ether oxygens (including phenoxy) is 1. The normalized spacial score (nSPS) is 17.4. The number of nitrogens with one attached hydrogen (secondary N) is 1. The summed E-state index contributed by atoms with van der Waals surface area (Å²) in [5.41, 5.74) is 1.67. The van der Waals surface area contributed by atoms with Crippen molar-refractivity contribution in [2.24, 2.45) is 0 Å². The summed E-state index contributed by atoms with van der Waals surface area (Å²) in [4.78, 5) is 13.1. The van der Waals surface area contributed by atoms with E-state index in [1.165, 1.54) is 0 Å². The second-order valence-electron chi connectivity index (χ2n) is 4.21. The Morgan fingerprint density at radius 3 is 2.58 bits per heavy atom. The van der Waals surface area contributed by atoms with Gasteiger partial charge in [0.05, 0.1) is 6.04 Å². The zero-order valence-corrected chi connectivity index (χ0v) is 11.9. The SMILES string of the molecule is CCN(CC)c1ccc([C@H]2COC(=O)N2)c(O)c1.Cl. The van der Waals surface area contributed by atoms with Crippen molar-refractivity contribution in [2.45, 2.75) is 19.9 Å². The fourth-order valence-electron chi connectivity index (χ4n) is 2.16. The topological polar surface area (TPSA) is 61.8 Å². The van der Waals surface area contributed by atoms with Crippen LogP contribution in [0.2, 0.25) is 0 Å². The predicted octanol–water partition coefficient (Wildman–Crippen LogP) is 2.44. The van der Waals surface area contributed by atoms with Gasteiger partial charge in [-0.05, 0) is 19.9 Å². The number of cyclic esters (lactones) is 1. The van der Waals surface area contributed by atoms with Gasteiger partial charge < -0.3 is 20.1 Å². The van der Waals surface area contributed by atoms with Crippen LogP contribution in [0.15, 0.2) is 18.2 Å². The number of benzene rings is 1. The van der Waals surface area contributed by atoms with Crippen LogP contribution in [0.4, 0.5) is 10.5 Å². The highest BCUT2D eigenvalue weighted by molar-refractivity contribution is 5.85. The molecule has 0 bridgehead atoms. The molecule has 0 spiro atoms. The fraction of sp³-hybridized carbons (Fsp3) is 0.462. The first kappa shape index (κ1) is 15.4. The highest BCUT2D eigenvalue weighted by Gasteiger charge is 2.26. The molecule has 0 unspecified atom stereocenters. The van der Waals surface area contributed by atoms with E-state index in [0.717, 1.165) is 18.8 Å². The Labute approximate surface area is 119 Å². The van der Waals surface area contributed by atoms with Gasteiger partial charge in [-0.1, -0.05) is 6.07 Å². The quantitative estimate of drug-likeness (QED) is 0.892. The molecule has 1 aromatic rings. The maximum atomic E-state index is 11.0. The number of carbonyl (C=O) groups excluding carboxylic acids is 1. The number of nitrogens with zero attached hydrogens (tertiary/aromatic N) is 1. The van der Waals surface area contributed by atoms with Crippen LogP contribution < -0.4 is 10.2 Å². The molecule has 1 amide bonds. The van der Waals surface area contributed by atoms with Gasteiger partial charge in [-0.2, -0.15) is 0 Å². The van der Waals surface area contributed by atoms with Crippen LogP contribution in [0, 0.1) is 0 Å². The van der Waals surface area contributed by atoms with E-state index in [4.69, 9.17) is 4.74 Å². The lowest BCUT2D eigenvalue weighted by atomic mass is 10.1. The molecule has 0 radical (unpaired) electrons. The molecule has 1 aromatic carbocycles. The first-order chi connectivity index (χ1) is 8.65. The van der Waals surface area contributed by atoms with Crippen LogP contribution in [-0.2, 0) is 4.74 Å². The van der Waals surface area contributed by atoms with E-state index in [1.807, 2.05) is 12.1 Å². The predicted molar refractivity (Wildman–Crippen MR) is 76.1 cm³/mol. The van der Waals surface area contributed by atoms with Gasteiger partial charge in [0.1, 0.15) is 12.4 Å². The van der Waals surface area contributed by atoms with Crippen molar-refractivity contribution in [3.63, 3.8) is 0 Å². The molecule has 0 aromatic heterocycles. The van der Waals surface area contributed by atoms with Crippen molar-refractivity contribution in [2.75, 3.05) is 24.6 Å². The van der Waals surface area contributed by atoms with Crippen molar-refractivity contribution in [1.82, 2.24) is 5.32 Å². The third-order valence-corrected chi connectivity index (χ3v) is 3.19. The van der Waals surface area contributed by atoms with E-state index >= 15 is 0 Å². The highest BCUT2D eigenvalue weighted by atomic mass is 35.5. The summed E-state index contributed by atoms with van der Waals surface area (Å²) in [5.74, 6) is 0.190. The Kier molecular flexibility index (Phi) is 5.30. The largest absolute Gasteiger partial charge is 0.508 e. The number of halogens is 1. The number of hydrogen-bond acceptors (Lipinski definition) is 4. The Morgan fingerprint density at radius 1 is 1.42 bits per heavy atom. The third kappa shape index (κ3) is 3.23. The van der Waals surface area contributed by atoms with E-state index < -0.39 is 6.09 Å². The standard InChI is InChI=1S/C13H18N2O3.ClH/c1-3-15(4-2)9-5-6-10(12(16)7-9)11-8-18-13(17)14-11;/h5-7,11,16H,3-4,8H2,1-2H3,(H,14,17);1H/t11-;/m1./s1. The molecule has 1 saturated heterocycles. The van der Waals surface area contributed by atoms with Gasteiger partial charge in [-0.3, -0.25) is 0 Å². The van der Waals surface area contributed by atoms with Gasteiger partial charge in [-0.25, -0.2) is 4.79 Å². The summed E-state index contributed by atoms with van der Waals surface area (Å²) in [6.07, 6.45) is -0.438. The number of phenols is 1.